The van der Waals surface area contributed by atoms with Gasteiger partial charge >= 0.3 is 6.18 Å². The van der Waals surface area contributed by atoms with E-state index in [1.807, 2.05) is 30.3 Å². The summed E-state index contributed by atoms with van der Waals surface area (Å²) in [6, 6.07) is 12.0. The van der Waals surface area contributed by atoms with Gasteiger partial charge in [-0.2, -0.15) is 13.2 Å². The van der Waals surface area contributed by atoms with Gasteiger partial charge in [0.25, 0.3) is 5.91 Å². The summed E-state index contributed by atoms with van der Waals surface area (Å²) in [6.45, 7) is 2.78. The molecule has 0 N–H and O–H groups in total. The molecule has 1 aliphatic rings. The van der Waals surface area contributed by atoms with Crippen molar-refractivity contribution in [3.63, 3.8) is 0 Å². The number of alkyl halides is 3. The van der Waals surface area contributed by atoms with Crippen LogP contribution in [0.3, 0.4) is 0 Å². The van der Waals surface area contributed by atoms with Gasteiger partial charge in [0.1, 0.15) is 5.69 Å². The molecule has 0 aliphatic carbocycles. The summed E-state index contributed by atoms with van der Waals surface area (Å²) < 4.78 is 39.2. The predicted octanol–water partition coefficient (Wildman–Crippen LogP) is 3.06. The highest BCUT2D eigenvalue weighted by atomic mass is 19.4. The quantitative estimate of drug-likeness (QED) is 0.855. The lowest BCUT2D eigenvalue weighted by molar-refractivity contribution is -0.138. The maximum Gasteiger partial charge on any atom is 0.418 e. The maximum absolute atomic E-state index is 13.1. The van der Waals surface area contributed by atoms with Crippen molar-refractivity contribution in [2.75, 3.05) is 26.2 Å². The van der Waals surface area contributed by atoms with Crippen molar-refractivity contribution in [2.45, 2.75) is 12.7 Å². The molecule has 0 atom stereocenters. The molecule has 2 heterocycles. The van der Waals surface area contributed by atoms with Gasteiger partial charge in [-0.3, -0.25) is 14.7 Å². The molecule has 7 heteroatoms. The number of piperazine rings is 1. The van der Waals surface area contributed by atoms with Crippen LogP contribution in [0.25, 0.3) is 0 Å². The molecule has 3 rings (SSSR count). The van der Waals surface area contributed by atoms with Crippen LogP contribution in [0.1, 0.15) is 21.6 Å². The fourth-order valence-electron chi connectivity index (χ4n) is 2.90. The Hall–Kier alpha value is -2.41. The van der Waals surface area contributed by atoms with Crippen LogP contribution in [-0.4, -0.2) is 46.9 Å². The van der Waals surface area contributed by atoms with Gasteiger partial charge in [0, 0.05) is 38.9 Å². The Balaban J connectivity index is 1.65. The van der Waals surface area contributed by atoms with Crippen LogP contribution in [0.2, 0.25) is 0 Å². The number of amides is 1. The molecule has 0 spiro atoms. The predicted molar refractivity (Wildman–Crippen MR) is 86.9 cm³/mol. The largest absolute Gasteiger partial charge is 0.418 e. The van der Waals surface area contributed by atoms with Crippen molar-refractivity contribution in [3.8, 4) is 0 Å². The van der Waals surface area contributed by atoms with Crippen LogP contribution in [0.5, 0.6) is 0 Å². The minimum Gasteiger partial charge on any atom is -0.335 e. The zero-order chi connectivity index (χ0) is 17.9. The van der Waals surface area contributed by atoms with Crippen molar-refractivity contribution in [2.24, 2.45) is 0 Å². The van der Waals surface area contributed by atoms with Gasteiger partial charge in [0.05, 0.1) is 5.56 Å². The van der Waals surface area contributed by atoms with Crippen molar-refractivity contribution < 1.29 is 18.0 Å². The molecule has 0 unspecified atom stereocenters. The van der Waals surface area contributed by atoms with E-state index in [9.17, 15) is 18.0 Å². The molecule has 1 aliphatic heterocycles. The first kappa shape index (κ1) is 17.4. The van der Waals surface area contributed by atoms with Crippen molar-refractivity contribution in [1.29, 1.82) is 0 Å². The average molecular weight is 349 g/mol. The Morgan fingerprint density at radius 2 is 1.68 bits per heavy atom. The molecule has 1 aromatic heterocycles. The third-order valence-corrected chi connectivity index (χ3v) is 4.22. The monoisotopic (exact) mass is 349 g/mol. The molecule has 2 aromatic rings. The van der Waals surface area contributed by atoms with Crippen LogP contribution in [0.4, 0.5) is 13.2 Å². The zero-order valence-corrected chi connectivity index (χ0v) is 13.5. The number of rotatable bonds is 3. The molecule has 25 heavy (non-hydrogen) atoms. The van der Waals surface area contributed by atoms with Crippen LogP contribution in [-0.2, 0) is 12.7 Å². The lowest BCUT2D eigenvalue weighted by Gasteiger charge is -2.34. The third kappa shape index (κ3) is 4.17. The number of carbonyl (C=O) groups is 1. The van der Waals surface area contributed by atoms with Gasteiger partial charge in [-0.05, 0) is 17.7 Å². The minimum atomic E-state index is -4.59. The van der Waals surface area contributed by atoms with Gasteiger partial charge in [-0.25, -0.2) is 0 Å². The highest BCUT2D eigenvalue weighted by molar-refractivity contribution is 5.94. The maximum atomic E-state index is 13.1. The molecule has 1 saturated heterocycles. The second-order valence-electron chi connectivity index (χ2n) is 5.95. The molecular weight excluding hydrogens is 331 g/mol. The highest BCUT2D eigenvalue weighted by Gasteiger charge is 2.37. The number of halogens is 3. The van der Waals surface area contributed by atoms with Gasteiger partial charge in [-0.15, -0.1) is 0 Å². The summed E-state index contributed by atoms with van der Waals surface area (Å²) >= 11 is 0. The van der Waals surface area contributed by atoms with E-state index in [1.54, 1.807) is 0 Å². The summed E-state index contributed by atoms with van der Waals surface area (Å²) in [6.07, 6.45) is -3.37. The average Bonchev–Trinajstić information content (AvgIpc) is 2.62. The van der Waals surface area contributed by atoms with Crippen LogP contribution < -0.4 is 0 Å². The van der Waals surface area contributed by atoms with Gasteiger partial charge in [0.15, 0.2) is 0 Å². The molecule has 0 saturated carbocycles. The first-order valence-corrected chi connectivity index (χ1v) is 8.03. The van der Waals surface area contributed by atoms with E-state index < -0.39 is 23.3 Å². The van der Waals surface area contributed by atoms with Crippen molar-refractivity contribution in [1.82, 2.24) is 14.8 Å². The number of nitrogens with zero attached hydrogens (tertiary/aromatic N) is 3. The van der Waals surface area contributed by atoms with E-state index in [1.165, 1.54) is 22.7 Å². The summed E-state index contributed by atoms with van der Waals surface area (Å²) in [5, 5.41) is 0. The number of hydrogen-bond donors (Lipinski definition) is 0. The summed E-state index contributed by atoms with van der Waals surface area (Å²) in [7, 11) is 0. The number of carbonyl (C=O) groups excluding carboxylic acids is 1. The summed E-state index contributed by atoms with van der Waals surface area (Å²) in [5.41, 5.74) is -0.329. The normalized spacial score (nSPS) is 16.0. The Labute approximate surface area is 143 Å². The Morgan fingerprint density at radius 3 is 2.32 bits per heavy atom. The number of benzene rings is 1. The lowest BCUT2D eigenvalue weighted by Crippen LogP contribution is -2.48. The highest BCUT2D eigenvalue weighted by Crippen LogP contribution is 2.31. The van der Waals surface area contributed by atoms with E-state index in [4.69, 9.17) is 0 Å². The molecule has 0 radical (unpaired) electrons. The number of hydrogen-bond acceptors (Lipinski definition) is 3. The lowest BCUT2D eigenvalue weighted by atomic mass is 10.1. The fraction of sp³-hybridized carbons (Fsp3) is 0.333. The number of aromatic nitrogens is 1. The first-order chi connectivity index (χ1) is 11.9. The van der Waals surface area contributed by atoms with Gasteiger partial charge in [0.2, 0.25) is 0 Å². The SMILES string of the molecule is O=C(c1ncccc1C(F)(F)F)N1CCN(Cc2ccccc2)CC1. The molecule has 0 bridgehead atoms. The summed E-state index contributed by atoms with van der Waals surface area (Å²) in [5.74, 6) is -0.660. The molecule has 1 aromatic carbocycles. The molecule has 1 amide bonds. The van der Waals surface area contributed by atoms with E-state index in [-0.39, 0.29) is 0 Å². The molecular formula is C18H18F3N3O. The molecule has 132 valence electrons. The second-order valence-corrected chi connectivity index (χ2v) is 5.95. The Kier molecular flexibility index (Phi) is 5.03. The minimum absolute atomic E-state index is 0.388. The fourth-order valence-corrected chi connectivity index (χ4v) is 2.90. The smallest absolute Gasteiger partial charge is 0.335 e. The number of pyridine rings is 1. The van der Waals surface area contributed by atoms with Gasteiger partial charge < -0.3 is 4.90 Å². The molecule has 4 nitrogen and oxygen atoms in total. The topological polar surface area (TPSA) is 36.4 Å². The van der Waals surface area contributed by atoms with E-state index >= 15 is 0 Å². The second kappa shape index (κ2) is 7.23. The Bertz CT molecular complexity index is 726. The Morgan fingerprint density at radius 1 is 1.00 bits per heavy atom. The zero-order valence-electron chi connectivity index (χ0n) is 13.5. The summed E-state index contributed by atoms with van der Waals surface area (Å²) in [4.78, 5) is 19.8. The van der Waals surface area contributed by atoms with E-state index in [0.29, 0.717) is 26.2 Å². The standard InChI is InChI=1S/C18H18F3N3O/c19-18(20,21)15-7-4-8-22-16(15)17(25)24-11-9-23(10-12-24)13-14-5-2-1-3-6-14/h1-8H,9-13H2. The molecule has 1 fully saturated rings. The third-order valence-electron chi connectivity index (χ3n) is 4.22. The van der Waals surface area contributed by atoms with E-state index in [0.717, 1.165) is 12.6 Å². The van der Waals surface area contributed by atoms with Crippen molar-refractivity contribution in [3.05, 3.63) is 65.5 Å². The van der Waals surface area contributed by atoms with Crippen molar-refractivity contribution >= 4 is 5.91 Å². The van der Waals surface area contributed by atoms with Gasteiger partial charge in [-0.1, -0.05) is 30.3 Å². The first-order valence-electron chi connectivity index (χ1n) is 8.03. The van der Waals surface area contributed by atoms with Crippen LogP contribution >= 0.6 is 0 Å². The van der Waals surface area contributed by atoms with Crippen LogP contribution in [0.15, 0.2) is 48.7 Å². The van der Waals surface area contributed by atoms with Crippen LogP contribution in [0, 0.1) is 0 Å². The van der Waals surface area contributed by atoms with E-state index in [2.05, 4.69) is 9.88 Å².